The zero-order valence-electron chi connectivity index (χ0n) is 20.7. The Morgan fingerprint density at radius 3 is 2.24 bits per heavy atom. The highest BCUT2D eigenvalue weighted by Crippen LogP contribution is 2.25. The molecule has 0 saturated heterocycles. The van der Waals surface area contributed by atoms with Crippen molar-refractivity contribution < 1.29 is 0 Å². The van der Waals surface area contributed by atoms with Gasteiger partial charge < -0.3 is 4.90 Å². The summed E-state index contributed by atoms with van der Waals surface area (Å²) in [5, 5.41) is 9.40. The molecule has 0 radical (unpaired) electrons. The second kappa shape index (κ2) is 9.92. The van der Waals surface area contributed by atoms with E-state index in [1.165, 1.54) is 27.9 Å². The zero-order chi connectivity index (χ0) is 24.2. The molecule has 4 nitrogen and oxygen atoms in total. The van der Waals surface area contributed by atoms with Crippen LogP contribution in [0.4, 0.5) is 5.69 Å². The van der Waals surface area contributed by atoms with Gasteiger partial charge in [-0.1, -0.05) is 54.6 Å². The van der Waals surface area contributed by atoms with Gasteiger partial charge >= 0.3 is 0 Å². The van der Waals surface area contributed by atoms with Crippen LogP contribution in [0.15, 0.2) is 90.5 Å². The summed E-state index contributed by atoms with van der Waals surface area (Å²) in [6.07, 6.45) is 6.31. The summed E-state index contributed by atoms with van der Waals surface area (Å²) < 4.78 is 0. The Labute approximate surface area is 202 Å². The molecule has 1 aromatic heterocycles. The predicted octanol–water partition coefficient (Wildman–Crippen LogP) is 7.21. The number of allylic oxidation sites excluding steroid dienone is 4. The van der Waals surface area contributed by atoms with Crippen molar-refractivity contribution in [3.05, 3.63) is 113 Å². The number of hydrogen-bond acceptors (Lipinski definition) is 3. The van der Waals surface area contributed by atoms with E-state index in [1.807, 2.05) is 44.2 Å². The van der Waals surface area contributed by atoms with E-state index in [2.05, 4.69) is 80.9 Å². The number of hydrogen-bond donors (Lipinski definition) is 0. The third kappa shape index (κ3) is 5.01. The summed E-state index contributed by atoms with van der Waals surface area (Å²) >= 11 is 0. The van der Waals surface area contributed by atoms with Gasteiger partial charge in [-0.15, -0.1) is 10.2 Å². The van der Waals surface area contributed by atoms with E-state index in [-0.39, 0.29) is 0 Å². The Balaban J connectivity index is 1.59. The van der Waals surface area contributed by atoms with Crippen LogP contribution in [0.1, 0.15) is 36.1 Å². The quantitative estimate of drug-likeness (QED) is 0.280. The van der Waals surface area contributed by atoms with Crippen molar-refractivity contribution in [2.45, 2.75) is 34.2 Å². The minimum Gasteiger partial charge on any atom is -0.370 e. The second-order valence-corrected chi connectivity index (χ2v) is 8.87. The molecule has 0 amide bonds. The lowest BCUT2D eigenvalue weighted by Crippen LogP contribution is -2.18. The van der Waals surface area contributed by atoms with E-state index in [0.717, 1.165) is 34.4 Å². The van der Waals surface area contributed by atoms with Gasteiger partial charge in [0.05, 0.1) is 5.69 Å². The van der Waals surface area contributed by atoms with Crippen molar-refractivity contribution in [1.82, 2.24) is 15.0 Å². The number of aromatic nitrogens is 3. The van der Waals surface area contributed by atoms with Crippen LogP contribution in [0.5, 0.6) is 0 Å². The largest absolute Gasteiger partial charge is 0.370 e. The normalized spacial score (nSPS) is 12.0. The van der Waals surface area contributed by atoms with Crippen molar-refractivity contribution in [2.75, 3.05) is 11.9 Å². The molecule has 0 fully saturated rings. The van der Waals surface area contributed by atoms with Gasteiger partial charge in [-0.3, -0.25) is 0 Å². The molecule has 0 aliphatic rings. The van der Waals surface area contributed by atoms with Gasteiger partial charge in [0.25, 0.3) is 0 Å². The van der Waals surface area contributed by atoms with Gasteiger partial charge in [0.1, 0.15) is 11.0 Å². The van der Waals surface area contributed by atoms with Crippen molar-refractivity contribution in [3.63, 3.8) is 0 Å². The fourth-order valence-corrected chi connectivity index (χ4v) is 4.10. The van der Waals surface area contributed by atoms with Crippen LogP contribution in [0.2, 0.25) is 0 Å². The van der Waals surface area contributed by atoms with E-state index < -0.39 is 0 Å². The summed E-state index contributed by atoms with van der Waals surface area (Å²) in [6, 6.07) is 21.0. The molecule has 4 heteroatoms. The molecule has 1 heterocycles. The molecule has 34 heavy (non-hydrogen) atoms. The maximum absolute atomic E-state index is 4.70. The molecule has 172 valence electrons. The van der Waals surface area contributed by atoms with Gasteiger partial charge in [0.2, 0.25) is 0 Å². The number of aryl methyl sites for hydroxylation is 1. The Hall–Kier alpha value is -3.92. The number of anilines is 1. The highest BCUT2D eigenvalue weighted by molar-refractivity contribution is 5.73. The number of benzene rings is 3. The van der Waals surface area contributed by atoms with E-state index >= 15 is 0 Å². The molecule has 0 unspecified atom stereocenters. The lowest BCUT2D eigenvalue weighted by Gasteiger charge is -2.22. The first-order valence-electron chi connectivity index (χ1n) is 11.6. The van der Waals surface area contributed by atoms with Gasteiger partial charge in [-0.25, -0.2) is 0 Å². The van der Waals surface area contributed by atoms with Crippen LogP contribution in [0.25, 0.3) is 22.8 Å². The van der Waals surface area contributed by atoms with Crippen LogP contribution < -0.4 is 4.90 Å². The van der Waals surface area contributed by atoms with Crippen LogP contribution in [-0.2, 0) is 6.54 Å². The molecule has 4 aromatic rings. The minimum atomic E-state index is 0.798. The maximum Gasteiger partial charge on any atom is 0.113 e. The van der Waals surface area contributed by atoms with Gasteiger partial charge in [0.15, 0.2) is 0 Å². The van der Waals surface area contributed by atoms with Crippen LogP contribution in [0, 0.1) is 13.8 Å². The van der Waals surface area contributed by atoms with E-state index in [4.69, 9.17) is 10.2 Å². The van der Waals surface area contributed by atoms with E-state index in [0.29, 0.717) is 0 Å². The number of rotatable bonds is 7. The van der Waals surface area contributed by atoms with Gasteiger partial charge in [0, 0.05) is 19.3 Å². The predicted molar refractivity (Wildman–Crippen MR) is 144 cm³/mol. The molecule has 0 atom stereocenters. The first-order chi connectivity index (χ1) is 16.4. The smallest absolute Gasteiger partial charge is 0.113 e. The molecule has 0 aliphatic carbocycles. The lowest BCUT2D eigenvalue weighted by atomic mass is 10.0. The van der Waals surface area contributed by atoms with Crippen LogP contribution >= 0.6 is 0 Å². The number of fused-ring (bicyclic) bond motifs is 1. The second-order valence-electron chi connectivity index (χ2n) is 8.87. The summed E-state index contributed by atoms with van der Waals surface area (Å²) in [5.41, 5.74) is 11.0. The Kier molecular flexibility index (Phi) is 6.78. The average Bonchev–Trinajstić information content (AvgIpc) is 3.25. The van der Waals surface area contributed by atoms with Crippen LogP contribution in [0.3, 0.4) is 0 Å². The van der Waals surface area contributed by atoms with E-state index in [1.54, 1.807) is 4.80 Å². The van der Waals surface area contributed by atoms with Crippen molar-refractivity contribution in [2.24, 2.45) is 0 Å². The molecule has 3 aromatic carbocycles. The molecular weight excluding hydrogens is 416 g/mol. The van der Waals surface area contributed by atoms with Crippen LogP contribution in [-0.4, -0.2) is 22.0 Å². The molecule has 0 spiro atoms. The maximum atomic E-state index is 4.70. The summed E-state index contributed by atoms with van der Waals surface area (Å²) in [7, 11) is 2.13. The third-order valence-electron chi connectivity index (χ3n) is 6.04. The van der Waals surface area contributed by atoms with Crippen molar-refractivity contribution >= 4 is 22.8 Å². The first-order valence-corrected chi connectivity index (χ1v) is 11.6. The Bertz CT molecular complexity index is 1350. The monoisotopic (exact) mass is 448 g/mol. The summed E-state index contributed by atoms with van der Waals surface area (Å²) in [4.78, 5) is 4.04. The third-order valence-corrected chi connectivity index (χ3v) is 6.04. The molecule has 0 N–H and O–H groups in total. The fourth-order valence-electron chi connectivity index (χ4n) is 4.10. The van der Waals surface area contributed by atoms with E-state index in [9.17, 15) is 0 Å². The highest BCUT2D eigenvalue weighted by atomic mass is 15.5. The Morgan fingerprint density at radius 2 is 1.65 bits per heavy atom. The highest BCUT2D eigenvalue weighted by Gasteiger charge is 2.13. The van der Waals surface area contributed by atoms with Crippen molar-refractivity contribution in [1.29, 1.82) is 0 Å². The SMILES string of the molecule is C=C(C)C(/C=C\C)=C/c1ccc(N(C)Cc2cc(C)cc(-n3nc4ccccc4n3)c2C)cc1. The molecular formula is C30H32N4. The zero-order valence-corrected chi connectivity index (χ0v) is 20.7. The first kappa shape index (κ1) is 23.2. The Morgan fingerprint density at radius 1 is 1.00 bits per heavy atom. The fraction of sp³-hybridized carbons (Fsp3) is 0.200. The minimum absolute atomic E-state index is 0.798. The van der Waals surface area contributed by atoms with Crippen molar-refractivity contribution in [3.8, 4) is 5.69 Å². The van der Waals surface area contributed by atoms with Gasteiger partial charge in [-0.05, 0) is 91.9 Å². The average molecular weight is 449 g/mol. The molecule has 0 bridgehead atoms. The molecule has 4 rings (SSSR count). The molecule has 0 aliphatic heterocycles. The molecule has 0 saturated carbocycles. The topological polar surface area (TPSA) is 34.0 Å². The summed E-state index contributed by atoms with van der Waals surface area (Å²) in [6.45, 7) is 13.2. The summed E-state index contributed by atoms with van der Waals surface area (Å²) in [5.74, 6) is 0. The standard InChI is InChI=1S/C30H32N4/c1-7-10-25(21(2)3)19-24-13-15-27(16-14-24)33(6)20-26-17-22(4)18-30(23(26)5)34-31-28-11-8-9-12-29(28)32-34/h7-19H,2,20H2,1,3-6H3/b10-7-,25-19+. The van der Waals surface area contributed by atoms with Gasteiger partial charge in [-0.2, -0.15) is 4.80 Å². The lowest BCUT2D eigenvalue weighted by molar-refractivity contribution is 0.755. The number of nitrogens with zero attached hydrogens (tertiary/aromatic N) is 4.